The minimum atomic E-state index is 0.00316. The van der Waals surface area contributed by atoms with Gasteiger partial charge >= 0.3 is 0 Å². The highest BCUT2D eigenvalue weighted by Gasteiger charge is 2.29. The number of methoxy groups -OCH3 is 6. The Morgan fingerprint density at radius 3 is 0.429 bits per heavy atom. The Hall–Kier alpha value is -11.2. The van der Waals surface area contributed by atoms with Crippen molar-refractivity contribution in [3.63, 3.8) is 0 Å². The SMILES string of the molecule is COc1cc2c3cc1OCOc1ccc4c(c1)Cc1ccc5cc1Cc1ccc(cc1C4)OCOc1cc(c(cc1OC)C3)Cc1cc(OC)c(cc1C2)OCO5.COc1cc2c3cc1OCOc1ccc4c(c1)Cc1ccc5cc1Cc1ccc(cc1C4)OCOc1cc(c(cc1OC)C3)Cc1cc(OC)c(cc1C2)OCO5.ClCCCl.ClCCCl.ClCCCl. The summed E-state index contributed by atoms with van der Waals surface area (Å²) in [5.41, 5.74) is 27.3. The van der Waals surface area contributed by atoms with E-state index in [0.29, 0.717) is 143 Å². The van der Waals surface area contributed by atoms with Crippen molar-refractivity contribution in [2.45, 2.75) is 77.0 Å². The van der Waals surface area contributed by atoms with Gasteiger partial charge in [-0.2, -0.15) is 0 Å². The largest absolute Gasteiger partial charge is 0.493 e. The van der Waals surface area contributed by atoms with E-state index in [1.54, 1.807) is 42.7 Å². The molecule has 24 heteroatoms. The molecule has 0 aromatic heterocycles. The Morgan fingerprint density at radius 2 is 0.294 bits per heavy atom. The molecule has 0 spiro atoms. The molecule has 0 fully saturated rings. The Balaban J connectivity index is 0.000000165. The monoisotopic (exact) mass is 1820 g/mol. The lowest BCUT2D eigenvalue weighted by molar-refractivity contribution is 0.115. The van der Waals surface area contributed by atoms with Gasteiger partial charge in [0, 0.05) is 35.3 Å². The lowest BCUT2D eigenvalue weighted by Gasteiger charge is -2.19. The van der Waals surface area contributed by atoms with Gasteiger partial charge in [0.15, 0.2) is 69.0 Å². The second-order valence-corrected chi connectivity index (χ2v) is 33.2. The van der Waals surface area contributed by atoms with Gasteiger partial charge in [-0.3, -0.25) is 0 Å². The van der Waals surface area contributed by atoms with E-state index in [1.165, 1.54) is 66.8 Å². The molecule has 18 nitrogen and oxygen atoms in total. The van der Waals surface area contributed by atoms with Crippen LogP contribution in [0.3, 0.4) is 0 Å². The van der Waals surface area contributed by atoms with Gasteiger partial charge in [0.1, 0.15) is 34.5 Å². The Labute approximate surface area is 764 Å². The maximum atomic E-state index is 6.40. The van der Waals surface area contributed by atoms with Gasteiger partial charge in [-0.15, -0.1) is 69.6 Å². The van der Waals surface area contributed by atoms with E-state index < -0.39 is 0 Å². The number of ether oxygens (including phenoxy) is 18. The number of alkyl halides is 6. The summed E-state index contributed by atoms with van der Waals surface area (Å²) < 4.78 is 112. The third-order valence-electron chi connectivity index (χ3n) is 23.4. The normalized spacial score (nSPS) is 14.1. The van der Waals surface area contributed by atoms with Crippen molar-refractivity contribution in [3.8, 4) is 103 Å². The number of hydrogen-bond acceptors (Lipinski definition) is 18. The summed E-state index contributed by atoms with van der Waals surface area (Å²) in [6, 6.07) is 62.8. The van der Waals surface area contributed by atoms with E-state index in [1.807, 2.05) is 36.4 Å². The van der Waals surface area contributed by atoms with Crippen LogP contribution in [0.1, 0.15) is 134 Å². The topological polar surface area (TPSA) is 166 Å². The summed E-state index contributed by atoms with van der Waals surface area (Å²) in [7, 11) is 9.99. The highest BCUT2D eigenvalue weighted by molar-refractivity contribution is 6.26. The molecule has 12 aromatic carbocycles. The zero-order chi connectivity index (χ0) is 87.2. The molecule has 4 aliphatic carbocycles. The predicted octanol–water partition coefficient (Wildman–Crippen LogP) is 21.9. The third kappa shape index (κ3) is 20.6. The average Bonchev–Trinajstić information content (AvgIpc) is 1.60. The second kappa shape index (κ2) is 41.5. The van der Waals surface area contributed by atoms with Gasteiger partial charge < -0.3 is 85.3 Å². The fourth-order valence-electron chi connectivity index (χ4n) is 17.1. The third-order valence-corrected chi connectivity index (χ3v) is 25.1. The summed E-state index contributed by atoms with van der Waals surface area (Å²) in [4.78, 5) is 0. The van der Waals surface area contributed by atoms with E-state index in [2.05, 4.69) is 146 Å². The minimum Gasteiger partial charge on any atom is -0.493 e. The van der Waals surface area contributed by atoms with Crippen molar-refractivity contribution in [2.24, 2.45) is 0 Å². The van der Waals surface area contributed by atoms with Crippen LogP contribution in [-0.4, -0.2) is 119 Å². The van der Waals surface area contributed by atoms with Gasteiger partial charge in [0.05, 0.1) is 42.7 Å². The van der Waals surface area contributed by atoms with Crippen molar-refractivity contribution < 1.29 is 85.3 Å². The fourth-order valence-corrected chi connectivity index (χ4v) is 17.1. The van der Waals surface area contributed by atoms with E-state index in [-0.39, 0.29) is 40.8 Å². The minimum absolute atomic E-state index is 0.00316. The molecule has 0 amide bonds. The molecular formula is C102H96Cl6O18. The predicted molar refractivity (Wildman–Crippen MR) is 491 cm³/mol. The quantitative estimate of drug-likeness (QED) is 0.125. The standard InChI is InChI=1S/2C48H42O9.3C2H4Cl2/c2*1-49-43-19-34-13-38-23-47-45(51-3)21-36(38)15-39-24-48-44(50-2)20-35(39)14-37(34)22-46(43)55-25-52-40-7-4-28-11-32-17-42(54-27-57-48)9-6-30(32)12-33-18-41(53-26-56-47)8-5-29(33)10-31(28)16-40;3*3-1-2-4/h2*4-9,16-24H,10-15,25-27H2,1-3H3;3*1-2H2. The Morgan fingerprint density at radius 1 is 0.167 bits per heavy atom. The highest BCUT2D eigenvalue weighted by atomic mass is 35.5. The zero-order valence-electron chi connectivity index (χ0n) is 70.9. The molecule has 12 aromatic rings. The maximum absolute atomic E-state index is 6.40. The summed E-state index contributed by atoms with van der Waals surface area (Å²) in [5.74, 6) is 15.0. The van der Waals surface area contributed by atoms with Crippen LogP contribution in [0.15, 0.2) is 182 Å². The number of halogens is 6. The van der Waals surface area contributed by atoms with Crippen LogP contribution < -0.4 is 85.3 Å². The first-order valence-electron chi connectivity index (χ1n) is 41.5. The maximum Gasteiger partial charge on any atom is 0.231 e. The molecule has 0 unspecified atom stereocenters. The average molecular weight is 1820 g/mol. The van der Waals surface area contributed by atoms with Gasteiger partial charge in [0.25, 0.3) is 0 Å². The fraction of sp³-hybridized carbons (Fsp3) is 0.294. The molecule has 654 valence electrons. The molecule has 24 aliphatic heterocycles. The summed E-state index contributed by atoms with van der Waals surface area (Å²) >= 11 is 30.3. The highest BCUT2D eigenvalue weighted by Crippen LogP contribution is 2.46. The van der Waals surface area contributed by atoms with E-state index >= 15 is 0 Å². The summed E-state index contributed by atoms with van der Waals surface area (Å²) in [6.07, 6.45) is 8.00. The van der Waals surface area contributed by atoms with Crippen molar-refractivity contribution in [1.29, 1.82) is 0 Å². The first kappa shape index (κ1) is 88.2. The van der Waals surface area contributed by atoms with E-state index in [9.17, 15) is 0 Å². The summed E-state index contributed by atoms with van der Waals surface area (Å²) in [5, 5.41) is 0. The van der Waals surface area contributed by atoms with Crippen LogP contribution in [0.5, 0.6) is 103 Å². The Kier molecular flexibility index (Phi) is 29.0. The number of benzene rings is 12. The van der Waals surface area contributed by atoms with E-state index in [0.717, 1.165) is 140 Å². The number of rotatable bonds is 9. The van der Waals surface area contributed by atoms with Crippen LogP contribution in [0.2, 0.25) is 0 Å². The molecule has 0 N–H and O–H groups in total. The second-order valence-electron chi connectivity index (χ2n) is 30.9. The van der Waals surface area contributed by atoms with Crippen molar-refractivity contribution in [2.75, 3.05) is 119 Å². The molecular weight excluding hydrogens is 1730 g/mol. The van der Waals surface area contributed by atoms with Gasteiger partial charge in [-0.25, -0.2) is 0 Å². The molecule has 24 heterocycles. The van der Waals surface area contributed by atoms with Crippen molar-refractivity contribution in [3.05, 3.63) is 316 Å². The molecule has 36 bridgehead atoms. The lowest BCUT2D eigenvalue weighted by Crippen LogP contribution is -2.10. The van der Waals surface area contributed by atoms with E-state index in [4.69, 9.17) is 155 Å². The van der Waals surface area contributed by atoms with Crippen LogP contribution in [0, 0.1) is 0 Å². The van der Waals surface area contributed by atoms with Gasteiger partial charge in [-0.1, -0.05) is 36.4 Å². The van der Waals surface area contributed by atoms with Crippen LogP contribution in [0.4, 0.5) is 0 Å². The van der Waals surface area contributed by atoms with Crippen LogP contribution in [-0.2, 0) is 77.0 Å². The molecule has 40 rings (SSSR count). The summed E-state index contributed by atoms with van der Waals surface area (Å²) in [6.45, 7) is 0.0190. The first-order chi connectivity index (χ1) is 61.7. The lowest BCUT2D eigenvalue weighted by atomic mass is 9.94. The van der Waals surface area contributed by atoms with Crippen molar-refractivity contribution in [1.82, 2.24) is 0 Å². The van der Waals surface area contributed by atoms with Crippen LogP contribution in [0.25, 0.3) is 0 Å². The zero-order valence-corrected chi connectivity index (χ0v) is 75.4. The molecule has 0 atom stereocenters. The first-order valence-corrected chi connectivity index (χ1v) is 44.7. The molecule has 0 saturated heterocycles. The number of hydrogen-bond donors (Lipinski definition) is 0. The molecule has 126 heavy (non-hydrogen) atoms. The smallest absolute Gasteiger partial charge is 0.231 e. The Bertz CT molecular complexity index is 5010. The van der Waals surface area contributed by atoms with Gasteiger partial charge in [-0.05, 0) is 356 Å². The molecule has 28 aliphatic rings. The molecule has 0 radical (unpaired) electrons. The molecule has 0 saturated carbocycles. The van der Waals surface area contributed by atoms with Crippen LogP contribution >= 0.6 is 69.6 Å². The van der Waals surface area contributed by atoms with Gasteiger partial charge in [0.2, 0.25) is 40.8 Å². The van der Waals surface area contributed by atoms with Crippen molar-refractivity contribution >= 4 is 69.6 Å².